The van der Waals surface area contributed by atoms with E-state index in [0.29, 0.717) is 10.6 Å². The maximum absolute atomic E-state index is 13.5. The molecule has 0 aliphatic rings. The van der Waals surface area contributed by atoms with E-state index in [1.54, 1.807) is 25.1 Å². The highest BCUT2D eigenvalue weighted by molar-refractivity contribution is 7.92. The maximum atomic E-state index is 13.5. The minimum absolute atomic E-state index is 0.0120. The number of hydrogen-bond donors (Lipinski definition) is 1. The Bertz CT molecular complexity index is 1190. The fourth-order valence-electron chi connectivity index (χ4n) is 3.22. The van der Waals surface area contributed by atoms with Crippen LogP contribution in [0.25, 0.3) is 0 Å². The summed E-state index contributed by atoms with van der Waals surface area (Å²) in [5, 5.41) is 3.32. The summed E-state index contributed by atoms with van der Waals surface area (Å²) >= 11 is 30.3. The molecule has 0 spiro atoms. The number of amides is 2. The van der Waals surface area contributed by atoms with Gasteiger partial charge in [-0.25, -0.2) is 8.42 Å². The van der Waals surface area contributed by atoms with E-state index in [1.165, 1.54) is 24.1 Å². The summed E-state index contributed by atoms with van der Waals surface area (Å²) in [6.45, 7) is 1.08. The normalized spacial score (nSPS) is 12.2. The second-order valence-electron chi connectivity index (χ2n) is 7.30. The summed E-state index contributed by atoms with van der Waals surface area (Å²) in [7, 11) is -2.53. The van der Waals surface area contributed by atoms with Crippen LogP contribution in [0.1, 0.15) is 18.9 Å². The van der Waals surface area contributed by atoms with Crippen molar-refractivity contribution in [1.82, 2.24) is 10.2 Å². The van der Waals surface area contributed by atoms with Crippen molar-refractivity contribution in [2.75, 3.05) is 24.2 Å². The van der Waals surface area contributed by atoms with Gasteiger partial charge in [0.15, 0.2) is 0 Å². The van der Waals surface area contributed by atoms with Crippen LogP contribution in [0.15, 0.2) is 30.3 Å². The molecule has 7 nitrogen and oxygen atoms in total. The topological polar surface area (TPSA) is 86.8 Å². The number of rotatable bonds is 9. The summed E-state index contributed by atoms with van der Waals surface area (Å²) < 4.78 is 26.1. The van der Waals surface area contributed by atoms with E-state index < -0.39 is 34.4 Å². The molecule has 2 aromatic rings. The summed E-state index contributed by atoms with van der Waals surface area (Å²) in [5.41, 5.74) is 0.581. The second-order valence-corrected chi connectivity index (χ2v) is 11.2. The van der Waals surface area contributed by atoms with Crippen molar-refractivity contribution in [3.8, 4) is 0 Å². The van der Waals surface area contributed by atoms with Crippen LogP contribution < -0.4 is 9.62 Å². The molecule has 0 bridgehead atoms. The van der Waals surface area contributed by atoms with Crippen molar-refractivity contribution in [2.45, 2.75) is 25.9 Å². The van der Waals surface area contributed by atoms with Gasteiger partial charge >= 0.3 is 0 Å². The quantitative estimate of drug-likeness (QED) is 0.404. The zero-order valence-corrected chi connectivity index (χ0v) is 23.0. The molecule has 0 aromatic heterocycles. The standard InChI is InChI=1S/C21H22Cl5N3O4S/c1-4-18(21(31)27-2)28(10-12-5-6-13(22)14(23)7-12)20(30)11-29(34(3,32)33)19-9-16(25)15(24)8-17(19)26/h5-9,18H,4,10-11H2,1-3H3,(H,27,31). The van der Waals surface area contributed by atoms with Crippen LogP contribution in [0, 0.1) is 0 Å². The average molecular weight is 590 g/mol. The molecule has 2 amide bonds. The van der Waals surface area contributed by atoms with E-state index in [4.69, 9.17) is 58.0 Å². The molecular formula is C21H22Cl5N3O4S. The zero-order valence-electron chi connectivity index (χ0n) is 18.4. The molecule has 0 saturated carbocycles. The monoisotopic (exact) mass is 587 g/mol. The Morgan fingerprint density at radius 3 is 2.06 bits per heavy atom. The summed E-state index contributed by atoms with van der Waals surface area (Å²) in [6.07, 6.45) is 1.21. The second kappa shape index (κ2) is 12.0. The minimum Gasteiger partial charge on any atom is -0.357 e. The van der Waals surface area contributed by atoms with Crippen LogP contribution in [0.5, 0.6) is 0 Å². The Kier molecular flexibility index (Phi) is 10.2. The Morgan fingerprint density at radius 2 is 1.53 bits per heavy atom. The van der Waals surface area contributed by atoms with E-state index in [2.05, 4.69) is 5.32 Å². The van der Waals surface area contributed by atoms with Gasteiger partial charge in [-0.05, 0) is 36.2 Å². The Balaban J connectivity index is 2.51. The number of benzene rings is 2. The summed E-state index contributed by atoms with van der Waals surface area (Å²) in [6, 6.07) is 6.48. The Morgan fingerprint density at radius 1 is 0.941 bits per heavy atom. The van der Waals surface area contributed by atoms with Crippen LogP contribution in [0.4, 0.5) is 5.69 Å². The van der Waals surface area contributed by atoms with Gasteiger partial charge in [0.2, 0.25) is 21.8 Å². The number of nitrogens with one attached hydrogen (secondary N) is 1. The number of carbonyl (C=O) groups excluding carboxylic acids is 2. The molecule has 0 saturated heterocycles. The highest BCUT2D eigenvalue weighted by Gasteiger charge is 2.32. The smallest absolute Gasteiger partial charge is 0.244 e. The fourth-order valence-corrected chi connectivity index (χ4v) is 5.09. The molecule has 0 fully saturated rings. The van der Waals surface area contributed by atoms with Gasteiger partial charge < -0.3 is 10.2 Å². The van der Waals surface area contributed by atoms with Crippen molar-refractivity contribution < 1.29 is 18.0 Å². The molecule has 2 aromatic carbocycles. The number of likely N-dealkylation sites (N-methyl/N-ethyl adjacent to an activating group) is 1. The fraction of sp³-hybridized carbons (Fsp3) is 0.333. The van der Waals surface area contributed by atoms with Gasteiger partial charge in [-0.2, -0.15) is 0 Å². The molecule has 0 radical (unpaired) electrons. The van der Waals surface area contributed by atoms with Gasteiger partial charge in [0.05, 0.1) is 37.1 Å². The van der Waals surface area contributed by atoms with Crippen LogP contribution >= 0.6 is 58.0 Å². The highest BCUT2D eigenvalue weighted by atomic mass is 35.5. The number of hydrogen-bond acceptors (Lipinski definition) is 4. The molecule has 0 aliphatic heterocycles. The number of halogens is 5. The molecule has 34 heavy (non-hydrogen) atoms. The first-order chi connectivity index (χ1) is 15.8. The van der Waals surface area contributed by atoms with E-state index in [0.717, 1.165) is 10.6 Å². The predicted molar refractivity (Wildman–Crippen MR) is 139 cm³/mol. The largest absolute Gasteiger partial charge is 0.357 e. The Hall–Kier alpha value is -1.42. The molecular weight excluding hydrogens is 568 g/mol. The predicted octanol–water partition coefficient (Wildman–Crippen LogP) is 5.27. The third-order valence-electron chi connectivity index (χ3n) is 4.91. The first-order valence-electron chi connectivity index (χ1n) is 9.87. The lowest BCUT2D eigenvalue weighted by Gasteiger charge is -2.32. The van der Waals surface area contributed by atoms with Gasteiger partial charge in [0.1, 0.15) is 12.6 Å². The molecule has 0 heterocycles. The zero-order chi connectivity index (χ0) is 25.8. The molecule has 1 N–H and O–H groups in total. The summed E-state index contributed by atoms with van der Waals surface area (Å²) in [4.78, 5) is 27.3. The van der Waals surface area contributed by atoms with E-state index in [1.807, 2.05) is 0 Å². The van der Waals surface area contributed by atoms with Crippen molar-refractivity contribution in [3.63, 3.8) is 0 Å². The first-order valence-corrected chi connectivity index (χ1v) is 13.6. The maximum Gasteiger partial charge on any atom is 0.244 e. The molecule has 1 unspecified atom stereocenters. The number of sulfonamides is 1. The van der Waals surface area contributed by atoms with Gasteiger partial charge in [-0.15, -0.1) is 0 Å². The van der Waals surface area contributed by atoms with Crippen LogP contribution in [-0.4, -0.2) is 51.0 Å². The third-order valence-corrected chi connectivity index (χ3v) is 7.80. The van der Waals surface area contributed by atoms with Gasteiger partial charge in [0, 0.05) is 13.6 Å². The molecule has 186 valence electrons. The van der Waals surface area contributed by atoms with Crippen molar-refractivity contribution in [2.24, 2.45) is 0 Å². The van der Waals surface area contributed by atoms with E-state index in [9.17, 15) is 18.0 Å². The Labute approximate surface area is 223 Å². The SMILES string of the molecule is CCC(C(=O)NC)N(Cc1ccc(Cl)c(Cl)c1)C(=O)CN(c1cc(Cl)c(Cl)cc1Cl)S(C)(=O)=O. The average Bonchev–Trinajstić information content (AvgIpc) is 2.76. The van der Waals surface area contributed by atoms with Crippen LogP contribution in [-0.2, 0) is 26.2 Å². The van der Waals surface area contributed by atoms with Crippen molar-refractivity contribution in [1.29, 1.82) is 0 Å². The molecule has 2 rings (SSSR count). The minimum atomic E-state index is -3.98. The van der Waals surface area contributed by atoms with Crippen molar-refractivity contribution in [3.05, 3.63) is 61.0 Å². The van der Waals surface area contributed by atoms with Gasteiger partial charge in [0.25, 0.3) is 0 Å². The number of carbonyl (C=O) groups is 2. The molecule has 0 aliphatic carbocycles. The lowest BCUT2D eigenvalue weighted by Crippen LogP contribution is -2.51. The molecule has 13 heteroatoms. The first kappa shape index (κ1) is 28.8. The van der Waals surface area contributed by atoms with E-state index in [-0.39, 0.29) is 38.7 Å². The van der Waals surface area contributed by atoms with Crippen molar-refractivity contribution >= 4 is 85.5 Å². The lowest BCUT2D eigenvalue weighted by atomic mass is 10.1. The lowest BCUT2D eigenvalue weighted by molar-refractivity contribution is -0.140. The highest BCUT2D eigenvalue weighted by Crippen LogP contribution is 2.35. The van der Waals surface area contributed by atoms with Crippen LogP contribution in [0.3, 0.4) is 0 Å². The van der Waals surface area contributed by atoms with Gasteiger partial charge in [-0.1, -0.05) is 71.0 Å². The van der Waals surface area contributed by atoms with E-state index >= 15 is 0 Å². The number of nitrogens with zero attached hydrogens (tertiary/aromatic N) is 2. The third kappa shape index (κ3) is 7.06. The van der Waals surface area contributed by atoms with Crippen LogP contribution in [0.2, 0.25) is 25.1 Å². The molecule has 1 atom stereocenters. The number of anilines is 1. The van der Waals surface area contributed by atoms with Gasteiger partial charge in [-0.3, -0.25) is 13.9 Å². The summed E-state index contributed by atoms with van der Waals surface area (Å²) in [5.74, 6) is -1.05.